The molecule has 1 aromatic heterocycles. The van der Waals surface area contributed by atoms with Gasteiger partial charge in [-0.25, -0.2) is 0 Å². The summed E-state index contributed by atoms with van der Waals surface area (Å²) in [7, 11) is 0. The van der Waals surface area contributed by atoms with Gasteiger partial charge >= 0.3 is 0 Å². The third kappa shape index (κ3) is 3.27. The van der Waals surface area contributed by atoms with Gasteiger partial charge in [0.2, 0.25) is 0 Å². The fourth-order valence-corrected chi connectivity index (χ4v) is 1.96. The third-order valence-electron chi connectivity index (χ3n) is 2.85. The lowest BCUT2D eigenvalue weighted by molar-refractivity contribution is 0.339. The molecule has 0 saturated carbocycles. The lowest BCUT2D eigenvalue weighted by atomic mass is 9.92. The molecular formula is C12H21N3. The molecule has 0 aliphatic rings. The highest BCUT2D eigenvalue weighted by molar-refractivity contribution is 5.04. The number of hydrogen-bond donors (Lipinski definition) is 1. The minimum atomic E-state index is 0.346. The molecule has 0 amide bonds. The molecule has 0 fully saturated rings. The van der Waals surface area contributed by atoms with Crippen LogP contribution in [0.15, 0.2) is 18.6 Å². The summed E-state index contributed by atoms with van der Waals surface area (Å²) in [5.41, 5.74) is 1.06. The van der Waals surface area contributed by atoms with E-state index < -0.39 is 0 Å². The Morgan fingerprint density at radius 2 is 1.93 bits per heavy atom. The molecule has 1 atom stereocenters. The zero-order valence-electron chi connectivity index (χ0n) is 9.90. The van der Waals surface area contributed by atoms with Crippen molar-refractivity contribution in [2.75, 3.05) is 6.54 Å². The number of aromatic nitrogens is 2. The van der Waals surface area contributed by atoms with Crippen molar-refractivity contribution in [2.24, 2.45) is 5.92 Å². The van der Waals surface area contributed by atoms with Crippen LogP contribution in [0.25, 0.3) is 0 Å². The molecule has 1 rings (SSSR count). The summed E-state index contributed by atoms with van der Waals surface area (Å²) in [6.45, 7) is 7.56. The molecule has 1 aromatic rings. The van der Waals surface area contributed by atoms with Crippen molar-refractivity contribution in [3.63, 3.8) is 0 Å². The van der Waals surface area contributed by atoms with Gasteiger partial charge in [0.25, 0.3) is 0 Å². The molecule has 1 heterocycles. The Hall–Kier alpha value is -0.960. The van der Waals surface area contributed by atoms with E-state index in [2.05, 4.69) is 36.1 Å². The predicted molar refractivity (Wildman–Crippen MR) is 62.5 cm³/mol. The number of nitrogens with zero attached hydrogens (tertiary/aromatic N) is 2. The van der Waals surface area contributed by atoms with Crippen molar-refractivity contribution in [1.29, 1.82) is 0 Å². The smallest absolute Gasteiger partial charge is 0.0758 e. The topological polar surface area (TPSA) is 37.8 Å². The normalized spacial score (nSPS) is 13.1. The summed E-state index contributed by atoms with van der Waals surface area (Å²) in [6.07, 6.45) is 7.70. The molecule has 3 nitrogen and oxygen atoms in total. The molecule has 0 bridgehead atoms. The summed E-state index contributed by atoms with van der Waals surface area (Å²) < 4.78 is 0. The molecule has 1 unspecified atom stereocenters. The first-order valence-electron chi connectivity index (χ1n) is 5.82. The van der Waals surface area contributed by atoms with Crippen LogP contribution in [0.3, 0.4) is 0 Å². The van der Waals surface area contributed by atoms with Gasteiger partial charge in [0, 0.05) is 18.6 Å². The second kappa shape index (κ2) is 6.51. The zero-order chi connectivity index (χ0) is 11.1. The van der Waals surface area contributed by atoms with Crippen LogP contribution in [-0.2, 0) is 0 Å². The van der Waals surface area contributed by atoms with Crippen molar-refractivity contribution < 1.29 is 0 Å². The first-order chi connectivity index (χ1) is 7.33. The minimum Gasteiger partial charge on any atom is -0.309 e. The Kier molecular flexibility index (Phi) is 5.26. The van der Waals surface area contributed by atoms with Gasteiger partial charge in [-0.3, -0.25) is 9.97 Å². The number of nitrogens with one attached hydrogen (secondary N) is 1. The van der Waals surface area contributed by atoms with E-state index in [-0.39, 0.29) is 0 Å². The van der Waals surface area contributed by atoms with Crippen molar-refractivity contribution in [3.05, 3.63) is 24.3 Å². The molecule has 15 heavy (non-hydrogen) atoms. The SMILES string of the molecule is CCNC(c1cnccn1)C(CC)CC. The maximum absolute atomic E-state index is 4.39. The molecule has 84 valence electrons. The van der Waals surface area contributed by atoms with E-state index in [0.717, 1.165) is 12.2 Å². The van der Waals surface area contributed by atoms with E-state index in [4.69, 9.17) is 0 Å². The van der Waals surface area contributed by atoms with Crippen molar-refractivity contribution >= 4 is 0 Å². The summed E-state index contributed by atoms with van der Waals surface area (Å²) in [5.74, 6) is 0.640. The summed E-state index contributed by atoms with van der Waals surface area (Å²) >= 11 is 0. The van der Waals surface area contributed by atoms with E-state index in [0.29, 0.717) is 12.0 Å². The molecule has 0 saturated heterocycles. The number of hydrogen-bond acceptors (Lipinski definition) is 3. The molecule has 0 aliphatic carbocycles. The maximum atomic E-state index is 4.39. The van der Waals surface area contributed by atoms with Gasteiger partial charge in [-0.2, -0.15) is 0 Å². The summed E-state index contributed by atoms with van der Waals surface area (Å²) in [4.78, 5) is 8.53. The first-order valence-corrected chi connectivity index (χ1v) is 5.82. The van der Waals surface area contributed by atoms with Crippen molar-refractivity contribution in [3.8, 4) is 0 Å². The van der Waals surface area contributed by atoms with Gasteiger partial charge in [-0.15, -0.1) is 0 Å². The summed E-state index contributed by atoms with van der Waals surface area (Å²) in [6, 6.07) is 0.346. The quantitative estimate of drug-likeness (QED) is 0.779. The first kappa shape index (κ1) is 12.1. The monoisotopic (exact) mass is 207 g/mol. The van der Waals surface area contributed by atoms with Crippen LogP contribution < -0.4 is 5.32 Å². The fourth-order valence-electron chi connectivity index (χ4n) is 1.96. The van der Waals surface area contributed by atoms with Gasteiger partial charge in [-0.05, 0) is 12.5 Å². The van der Waals surface area contributed by atoms with Crippen LogP contribution in [0.1, 0.15) is 45.3 Å². The average Bonchev–Trinajstić information content (AvgIpc) is 2.30. The fraction of sp³-hybridized carbons (Fsp3) is 0.667. The largest absolute Gasteiger partial charge is 0.309 e. The minimum absolute atomic E-state index is 0.346. The Morgan fingerprint density at radius 1 is 1.20 bits per heavy atom. The Labute approximate surface area is 92.3 Å². The van der Waals surface area contributed by atoms with Gasteiger partial charge in [-0.1, -0.05) is 33.6 Å². The summed E-state index contributed by atoms with van der Waals surface area (Å²) in [5, 5.41) is 3.50. The molecular weight excluding hydrogens is 186 g/mol. The average molecular weight is 207 g/mol. The van der Waals surface area contributed by atoms with Gasteiger partial charge < -0.3 is 5.32 Å². The van der Waals surface area contributed by atoms with Crippen molar-refractivity contribution in [2.45, 2.75) is 39.7 Å². The highest BCUT2D eigenvalue weighted by Crippen LogP contribution is 2.25. The standard InChI is InChI=1S/C12H21N3/c1-4-10(5-2)12(14-6-3)11-9-13-7-8-15-11/h7-10,12,14H,4-6H2,1-3H3. The highest BCUT2D eigenvalue weighted by Gasteiger charge is 2.20. The second-order valence-electron chi connectivity index (χ2n) is 3.74. The van der Waals surface area contributed by atoms with Gasteiger partial charge in [0.1, 0.15) is 0 Å². The lowest BCUT2D eigenvalue weighted by Gasteiger charge is -2.25. The van der Waals surface area contributed by atoms with E-state index in [1.807, 2.05) is 6.20 Å². The van der Waals surface area contributed by atoms with Gasteiger partial charge in [0.15, 0.2) is 0 Å². The van der Waals surface area contributed by atoms with E-state index in [1.54, 1.807) is 12.4 Å². The Morgan fingerprint density at radius 3 is 2.40 bits per heavy atom. The Balaban J connectivity index is 2.81. The zero-order valence-corrected chi connectivity index (χ0v) is 9.90. The van der Waals surface area contributed by atoms with E-state index in [9.17, 15) is 0 Å². The van der Waals surface area contributed by atoms with Crippen molar-refractivity contribution in [1.82, 2.24) is 15.3 Å². The molecule has 0 radical (unpaired) electrons. The number of rotatable bonds is 6. The highest BCUT2D eigenvalue weighted by atomic mass is 14.9. The molecule has 0 aromatic carbocycles. The van der Waals surface area contributed by atoms with Crippen LogP contribution in [0, 0.1) is 5.92 Å². The molecule has 0 spiro atoms. The molecule has 3 heteroatoms. The third-order valence-corrected chi connectivity index (χ3v) is 2.85. The van der Waals surface area contributed by atoms with E-state index in [1.165, 1.54) is 12.8 Å². The van der Waals surface area contributed by atoms with Crippen LogP contribution in [0.2, 0.25) is 0 Å². The molecule has 0 aliphatic heterocycles. The van der Waals surface area contributed by atoms with Gasteiger partial charge in [0.05, 0.1) is 11.7 Å². The van der Waals surface area contributed by atoms with Crippen LogP contribution in [0.4, 0.5) is 0 Å². The Bertz CT molecular complexity index is 257. The second-order valence-corrected chi connectivity index (χ2v) is 3.74. The lowest BCUT2D eigenvalue weighted by Crippen LogP contribution is -2.28. The van der Waals surface area contributed by atoms with Crippen LogP contribution in [-0.4, -0.2) is 16.5 Å². The predicted octanol–water partition coefficient (Wildman–Crippen LogP) is 2.56. The molecule has 1 N–H and O–H groups in total. The van der Waals surface area contributed by atoms with Crippen LogP contribution >= 0.6 is 0 Å². The maximum Gasteiger partial charge on any atom is 0.0758 e. The van der Waals surface area contributed by atoms with Crippen LogP contribution in [0.5, 0.6) is 0 Å². The van der Waals surface area contributed by atoms with E-state index >= 15 is 0 Å².